The smallest absolute Gasteiger partial charge is 0.164 e. The Labute approximate surface area is 108 Å². The van der Waals surface area contributed by atoms with E-state index in [-0.39, 0.29) is 5.54 Å². The molecule has 0 saturated heterocycles. The first-order valence-corrected chi connectivity index (χ1v) is 5.86. The highest BCUT2D eigenvalue weighted by Crippen LogP contribution is 2.39. The maximum Gasteiger partial charge on any atom is 0.164 e. The summed E-state index contributed by atoms with van der Waals surface area (Å²) in [5.74, 6) is 1.36. The van der Waals surface area contributed by atoms with Crippen molar-refractivity contribution in [3.8, 4) is 11.5 Å². The molecule has 2 N–H and O–H groups in total. The standard InChI is InChI=1S/C13H20ClNO2/c1-8-9(7-13(2,3)15)12(17-5)11(16-4)6-10(8)14/h6H,7,15H2,1-5H3. The molecule has 96 valence electrons. The topological polar surface area (TPSA) is 44.5 Å². The molecular weight excluding hydrogens is 238 g/mol. The fourth-order valence-electron chi connectivity index (χ4n) is 1.80. The van der Waals surface area contributed by atoms with Gasteiger partial charge < -0.3 is 15.2 Å². The van der Waals surface area contributed by atoms with Gasteiger partial charge in [-0.1, -0.05) is 11.6 Å². The van der Waals surface area contributed by atoms with E-state index in [0.717, 1.165) is 11.1 Å². The molecule has 0 fully saturated rings. The number of rotatable bonds is 4. The molecule has 17 heavy (non-hydrogen) atoms. The summed E-state index contributed by atoms with van der Waals surface area (Å²) in [6.45, 7) is 5.91. The van der Waals surface area contributed by atoms with Gasteiger partial charge in [0.15, 0.2) is 11.5 Å². The van der Waals surface area contributed by atoms with Crippen molar-refractivity contribution in [1.82, 2.24) is 0 Å². The molecule has 0 aromatic heterocycles. The lowest BCUT2D eigenvalue weighted by atomic mass is 9.92. The minimum atomic E-state index is -0.326. The van der Waals surface area contributed by atoms with Crippen LogP contribution in [-0.2, 0) is 6.42 Å². The number of hydrogen-bond acceptors (Lipinski definition) is 3. The maximum absolute atomic E-state index is 6.18. The molecule has 0 aliphatic carbocycles. The van der Waals surface area contributed by atoms with Crippen molar-refractivity contribution < 1.29 is 9.47 Å². The lowest BCUT2D eigenvalue weighted by molar-refractivity contribution is 0.348. The highest BCUT2D eigenvalue weighted by atomic mass is 35.5. The summed E-state index contributed by atoms with van der Waals surface area (Å²) in [6.07, 6.45) is 0.679. The van der Waals surface area contributed by atoms with Crippen molar-refractivity contribution >= 4 is 11.6 Å². The quantitative estimate of drug-likeness (QED) is 0.902. The molecule has 0 heterocycles. The van der Waals surface area contributed by atoms with Gasteiger partial charge in [-0.2, -0.15) is 0 Å². The Morgan fingerprint density at radius 1 is 1.29 bits per heavy atom. The second-order valence-corrected chi connectivity index (χ2v) is 5.27. The van der Waals surface area contributed by atoms with E-state index in [4.69, 9.17) is 26.8 Å². The maximum atomic E-state index is 6.18. The van der Waals surface area contributed by atoms with Crippen molar-refractivity contribution in [2.75, 3.05) is 14.2 Å². The molecular formula is C13H20ClNO2. The average molecular weight is 258 g/mol. The number of hydrogen-bond donors (Lipinski definition) is 1. The molecule has 0 amide bonds. The highest BCUT2D eigenvalue weighted by Gasteiger charge is 2.21. The first kappa shape index (κ1) is 14.1. The van der Waals surface area contributed by atoms with Crippen molar-refractivity contribution in [1.29, 1.82) is 0 Å². The lowest BCUT2D eigenvalue weighted by Gasteiger charge is -2.23. The lowest BCUT2D eigenvalue weighted by Crippen LogP contribution is -2.34. The summed E-state index contributed by atoms with van der Waals surface area (Å²) in [4.78, 5) is 0. The van der Waals surface area contributed by atoms with E-state index >= 15 is 0 Å². The molecule has 0 radical (unpaired) electrons. The van der Waals surface area contributed by atoms with Crippen LogP contribution in [0.15, 0.2) is 6.07 Å². The fraction of sp³-hybridized carbons (Fsp3) is 0.538. The average Bonchev–Trinajstić information content (AvgIpc) is 2.22. The Bertz CT molecular complexity index is 411. The Hall–Kier alpha value is -0.930. The summed E-state index contributed by atoms with van der Waals surface area (Å²) in [6, 6.07) is 1.77. The van der Waals surface area contributed by atoms with Gasteiger partial charge in [0.25, 0.3) is 0 Å². The SMILES string of the molecule is COc1cc(Cl)c(C)c(CC(C)(C)N)c1OC. The van der Waals surface area contributed by atoms with Gasteiger partial charge in [0, 0.05) is 22.2 Å². The first-order chi connectivity index (χ1) is 7.80. The first-order valence-electron chi connectivity index (χ1n) is 5.49. The third-order valence-corrected chi connectivity index (χ3v) is 3.02. The summed E-state index contributed by atoms with van der Waals surface area (Å²) in [5, 5.41) is 0.668. The van der Waals surface area contributed by atoms with E-state index in [9.17, 15) is 0 Å². The second-order valence-electron chi connectivity index (χ2n) is 4.86. The molecule has 0 aliphatic heterocycles. The van der Waals surface area contributed by atoms with E-state index in [2.05, 4.69) is 0 Å². The van der Waals surface area contributed by atoms with Gasteiger partial charge in [0.2, 0.25) is 0 Å². The zero-order valence-corrected chi connectivity index (χ0v) is 11.8. The number of nitrogens with two attached hydrogens (primary N) is 1. The monoisotopic (exact) mass is 257 g/mol. The van der Waals surface area contributed by atoms with Gasteiger partial charge in [-0.25, -0.2) is 0 Å². The predicted molar refractivity (Wildman–Crippen MR) is 71.3 cm³/mol. The minimum absolute atomic E-state index is 0.326. The van der Waals surface area contributed by atoms with E-state index in [0.29, 0.717) is 22.9 Å². The van der Waals surface area contributed by atoms with Crippen LogP contribution in [0, 0.1) is 6.92 Å². The Balaban J connectivity index is 3.38. The summed E-state index contributed by atoms with van der Waals surface area (Å²) in [5.41, 5.74) is 7.73. The minimum Gasteiger partial charge on any atom is -0.493 e. The second kappa shape index (κ2) is 5.15. The molecule has 0 atom stereocenters. The van der Waals surface area contributed by atoms with Crippen LogP contribution >= 0.6 is 11.6 Å². The van der Waals surface area contributed by atoms with Crippen molar-refractivity contribution in [2.24, 2.45) is 5.73 Å². The van der Waals surface area contributed by atoms with Gasteiger partial charge in [0.1, 0.15) is 0 Å². The molecule has 0 aliphatic rings. The number of methoxy groups -OCH3 is 2. The molecule has 0 spiro atoms. The fourth-order valence-corrected chi connectivity index (χ4v) is 2.01. The highest BCUT2D eigenvalue weighted by molar-refractivity contribution is 6.31. The summed E-state index contributed by atoms with van der Waals surface area (Å²) >= 11 is 6.18. The van der Waals surface area contributed by atoms with Gasteiger partial charge in [0.05, 0.1) is 14.2 Å². The van der Waals surface area contributed by atoms with Crippen LogP contribution in [0.3, 0.4) is 0 Å². The normalized spacial score (nSPS) is 11.5. The van der Waals surface area contributed by atoms with Crippen LogP contribution < -0.4 is 15.2 Å². The van der Waals surface area contributed by atoms with Crippen molar-refractivity contribution in [3.05, 3.63) is 22.2 Å². The molecule has 3 nitrogen and oxygen atoms in total. The van der Waals surface area contributed by atoms with E-state index in [1.165, 1.54) is 0 Å². The molecule has 1 rings (SSSR count). The van der Waals surface area contributed by atoms with Crippen molar-refractivity contribution in [2.45, 2.75) is 32.7 Å². The van der Waals surface area contributed by atoms with Crippen LogP contribution in [0.1, 0.15) is 25.0 Å². The van der Waals surface area contributed by atoms with Crippen LogP contribution in [0.4, 0.5) is 0 Å². The predicted octanol–water partition coefficient (Wildman–Crippen LogP) is 2.95. The van der Waals surface area contributed by atoms with Crippen LogP contribution in [-0.4, -0.2) is 19.8 Å². The molecule has 0 unspecified atom stereocenters. The molecule has 1 aromatic carbocycles. The van der Waals surface area contributed by atoms with Gasteiger partial charge in [-0.15, -0.1) is 0 Å². The van der Waals surface area contributed by atoms with Crippen molar-refractivity contribution in [3.63, 3.8) is 0 Å². The Kier molecular flexibility index (Phi) is 4.28. The Morgan fingerprint density at radius 3 is 2.29 bits per heavy atom. The van der Waals surface area contributed by atoms with Gasteiger partial charge in [-0.05, 0) is 32.8 Å². The van der Waals surface area contributed by atoms with Crippen LogP contribution in [0.25, 0.3) is 0 Å². The Morgan fingerprint density at radius 2 is 1.88 bits per heavy atom. The van der Waals surface area contributed by atoms with Gasteiger partial charge >= 0.3 is 0 Å². The molecule has 4 heteroatoms. The van der Waals surface area contributed by atoms with Crippen LogP contribution in [0.2, 0.25) is 5.02 Å². The largest absolute Gasteiger partial charge is 0.493 e. The van der Waals surface area contributed by atoms with E-state index < -0.39 is 0 Å². The summed E-state index contributed by atoms with van der Waals surface area (Å²) < 4.78 is 10.7. The van der Waals surface area contributed by atoms with Crippen LogP contribution in [0.5, 0.6) is 11.5 Å². The molecule has 0 bridgehead atoms. The number of benzene rings is 1. The molecule has 0 saturated carbocycles. The number of ether oxygens (including phenoxy) is 2. The zero-order valence-electron chi connectivity index (χ0n) is 11.1. The third kappa shape index (κ3) is 3.27. The zero-order chi connectivity index (χ0) is 13.2. The van der Waals surface area contributed by atoms with Gasteiger partial charge in [-0.3, -0.25) is 0 Å². The van der Waals surface area contributed by atoms with E-state index in [1.807, 2.05) is 20.8 Å². The number of halogens is 1. The van der Waals surface area contributed by atoms with E-state index in [1.54, 1.807) is 20.3 Å². The third-order valence-electron chi connectivity index (χ3n) is 2.62. The molecule has 1 aromatic rings. The summed E-state index contributed by atoms with van der Waals surface area (Å²) in [7, 11) is 3.22.